The number of benzene rings is 2. The molecule has 0 radical (unpaired) electrons. The Balaban J connectivity index is 1.73. The average molecular weight is 412 g/mol. The molecule has 2 heterocycles. The molecule has 0 aliphatic heterocycles. The molecule has 7 heteroatoms. The Morgan fingerprint density at radius 1 is 1.03 bits per heavy atom. The number of rotatable bonds is 5. The molecular weight excluding hydrogens is 388 g/mol. The summed E-state index contributed by atoms with van der Waals surface area (Å²) < 4.78 is 8.22. The molecule has 0 unspecified atom stereocenters. The van der Waals surface area contributed by atoms with Crippen LogP contribution in [0.4, 0.5) is 17.3 Å². The van der Waals surface area contributed by atoms with Crippen LogP contribution in [-0.4, -0.2) is 28.6 Å². The van der Waals surface area contributed by atoms with E-state index in [0.29, 0.717) is 17.4 Å². The summed E-state index contributed by atoms with van der Waals surface area (Å²) >= 11 is 0. The van der Waals surface area contributed by atoms with Gasteiger partial charge in [0.1, 0.15) is 11.3 Å². The number of nitriles is 1. The van der Waals surface area contributed by atoms with Crippen molar-refractivity contribution in [3.05, 3.63) is 65.4 Å². The van der Waals surface area contributed by atoms with E-state index in [1.54, 1.807) is 12.1 Å². The molecule has 0 saturated heterocycles. The van der Waals surface area contributed by atoms with Crippen LogP contribution in [0.3, 0.4) is 0 Å². The number of aryl methyl sites for hydroxylation is 3. The van der Waals surface area contributed by atoms with Crippen molar-refractivity contribution in [2.24, 2.45) is 7.05 Å². The third-order valence-electron chi connectivity index (χ3n) is 5.08. The third kappa shape index (κ3) is 4.01. The summed E-state index contributed by atoms with van der Waals surface area (Å²) in [4.78, 5) is 11.4. The van der Waals surface area contributed by atoms with Gasteiger partial charge in [-0.05, 0) is 67.4 Å². The summed E-state index contributed by atoms with van der Waals surface area (Å²) in [6.07, 6.45) is 1.93. The predicted octanol–water partition coefficient (Wildman–Crippen LogP) is 5.06. The molecule has 0 aliphatic rings. The van der Waals surface area contributed by atoms with E-state index in [4.69, 9.17) is 10.00 Å². The Morgan fingerprint density at radius 2 is 1.71 bits per heavy atom. The van der Waals surface area contributed by atoms with E-state index in [2.05, 4.69) is 40.1 Å². The molecule has 1 N–H and O–H groups in total. The lowest BCUT2D eigenvalue weighted by molar-refractivity contribution is 0.466. The van der Waals surface area contributed by atoms with Crippen LogP contribution in [-0.2, 0) is 7.05 Å². The summed E-state index contributed by atoms with van der Waals surface area (Å²) in [5.74, 6) is 1.63. The fourth-order valence-electron chi connectivity index (χ4n) is 3.83. The van der Waals surface area contributed by atoms with Crippen molar-refractivity contribution < 1.29 is 4.74 Å². The van der Waals surface area contributed by atoms with Gasteiger partial charge >= 0.3 is 0 Å². The number of aromatic nitrogens is 3. The molecule has 0 aliphatic carbocycles. The molecule has 0 saturated carbocycles. The molecule has 2 aromatic heterocycles. The summed E-state index contributed by atoms with van der Waals surface area (Å²) in [7, 11) is 6.02. The first-order valence-electron chi connectivity index (χ1n) is 9.92. The van der Waals surface area contributed by atoms with E-state index in [9.17, 15) is 0 Å². The Morgan fingerprint density at radius 3 is 2.32 bits per heavy atom. The van der Waals surface area contributed by atoms with Crippen molar-refractivity contribution in [1.29, 1.82) is 5.26 Å². The minimum atomic E-state index is 0.428. The largest absolute Gasteiger partial charge is 0.437 e. The second kappa shape index (κ2) is 8.00. The maximum absolute atomic E-state index is 8.99. The summed E-state index contributed by atoms with van der Waals surface area (Å²) in [6, 6.07) is 15.2. The van der Waals surface area contributed by atoms with E-state index >= 15 is 0 Å². The lowest BCUT2D eigenvalue weighted by Gasteiger charge is -2.20. The van der Waals surface area contributed by atoms with Crippen LogP contribution in [0, 0.1) is 25.2 Å². The second-order valence-corrected chi connectivity index (χ2v) is 7.73. The fraction of sp³-hybridized carbons (Fsp3) is 0.208. The Hall–Kier alpha value is -4.05. The SMILES string of the molecule is Cc1cc(Oc2nc(Nc3ccc(C#N)cc3)nc3ccn(C)c23)cc(C)c1N(C)C. The fourth-order valence-corrected chi connectivity index (χ4v) is 3.83. The first-order valence-corrected chi connectivity index (χ1v) is 9.92. The highest BCUT2D eigenvalue weighted by molar-refractivity contribution is 5.82. The molecule has 31 heavy (non-hydrogen) atoms. The quantitative estimate of drug-likeness (QED) is 0.494. The van der Waals surface area contributed by atoms with Gasteiger partial charge in [0.25, 0.3) is 0 Å². The van der Waals surface area contributed by atoms with Crippen molar-refractivity contribution >= 4 is 28.4 Å². The first-order chi connectivity index (χ1) is 14.9. The van der Waals surface area contributed by atoms with Crippen LogP contribution in [0.15, 0.2) is 48.7 Å². The van der Waals surface area contributed by atoms with E-state index in [1.807, 2.05) is 62.2 Å². The highest BCUT2D eigenvalue weighted by Gasteiger charge is 2.15. The van der Waals surface area contributed by atoms with E-state index in [0.717, 1.165) is 33.6 Å². The minimum absolute atomic E-state index is 0.428. The van der Waals surface area contributed by atoms with Crippen LogP contribution in [0.2, 0.25) is 0 Å². The van der Waals surface area contributed by atoms with Crippen molar-refractivity contribution in [3.63, 3.8) is 0 Å². The number of nitrogens with zero attached hydrogens (tertiary/aromatic N) is 5. The summed E-state index contributed by atoms with van der Waals surface area (Å²) in [5.41, 5.74) is 6.44. The zero-order valence-electron chi connectivity index (χ0n) is 18.3. The molecule has 0 amide bonds. The number of nitrogens with one attached hydrogen (secondary N) is 1. The van der Waals surface area contributed by atoms with Crippen molar-refractivity contribution in [3.8, 4) is 17.7 Å². The van der Waals surface area contributed by atoms with Crippen molar-refractivity contribution in [1.82, 2.24) is 14.5 Å². The third-order valence-corrected chi connectivity index (χ3v) is 5.08. The Labute approximate surface area is 181 Å². The molecule has 0 spiro atoms. The van der Waals surface area contributed by atoms with E-state index < -0.39 is 0 Å². The van der Waals surface area contributed by atoms with Crippen molar-refractivity contribution in [2.75, 3.05) is 24.3 Å². The predicted molar refractivity (Wildman–Crippen MR) is 123 cm³/mol. The Bertz CT molecular complexity index is 1280. The molecule has 7 nitrogen and oxygen atoms in total. The van der Waals surface area contributed by atoms with Gasteiger partial charge in [0.05, 0.1) is 17.1 Å². The van der Waals surface area contributed by atoms with Gasteiger partial charge in [0, 0.05) is 38.7 Å². The van der Waals surface area contributed by atoms with Crippen LogP contribution < -0.4 is 15.0 Å². The van der Waals surface area contributed by atoms with Crippen LogP contribution >= 0.6 is 0 Å². The van der Waals surface area contributed by atoms with Gasteiger partial charge in [0.2, 0.25) is 11.8 Å². The monoisotopic (exact) mass is 412 g/mol. The van der Waals surface area contributed by atoms with Gasteiger partial charge < -0.3 is 19.5 Å². The molecule has 156 valence electrons. The van der Waals surface area contributed by atoms with E-state index in [-0.39, 0.29) is 0 Å². The Kier molecular flexibility index (Phi) is 5.22. The number of hydrogen-bond acceptors (Lipinski definition) is 6. The molecule has 0 bridgehead atoms. The topological polar surface area (TPSA) is 79.0 Å². The standard InChI is InChI=1S/C24H24N6O/c1-15-12-19(13-16(2)21(15)29(3)4)31-23-22-20(10-11-30(22)5)27-24(28-23)26-18-8-6-17(14-25)7-9-18/h6-13H,1-5H3,(H,26,27,28). The lowest BCUT2D eigenvalue weighted by atomic mass is 10.1. The molecule has 4 aromatic rings. The van der Waals surface area contributed by atoms with E-state index in [1.165, 1.54) is 5.69 Å². The van der Waals surface area contributed by atoms with Gasteiger partial charge in [-0.1, -0.05) is 0 Å². The number of hydrogen-bond donors (Lipinski definition) is 1. The first kappa shape index (κ1) is 20.2. The van der Waals surface area contributed by atoms with Gasteiger partial charge in [0.15, 0.2) is 0 Å². The van der Waals surface area contributed by atoms with Crippen LogP contribution in [0.25, 0.3) is 11.0 Å². The van der Waals surface area contributed by atoms with Crippen LogP contribution in [0.5, 0.6) is 11.6 Å². The molecular formula is C24H24N6O. The normalized spacial score (nSPS) is 10.7. The molecule has 4 rings (SSSR count). The van der Waals surface area contributed by atoms with Crippen molar-refractivity contribution in [2.45, 2.75) is 13.8 Å². The smallest absolute Gasteiger partial charge is 0.249 e. The second-order valence-electron chi connectivity index (χ2n) is 7.73. The van der Waals surface area contributed by atoms with Gasteiger partial charge in [-0.2, -0.15) is 10.2 Å². The lowest BCUT2D eigenvalue weighted by Crippen LogP contribution is -2.12. The number of anilines is 3. The minimum Gasteiger partial charge on any atom is -0.437 e. The highest BCUT2D eigenvalue weighted by atomic mass is 16.5. The average Bonchev–Trinajstić information content (AvgIpc) is 3.08. The summed E-state index contributed by atoms with van der Waals surface area (Å²) in [6.45, 7) is 4.15. The van der Waals surface area contributed by atoms with Crippen LogP contribution in [0.1, 0.15) is 16.7 Å². The summed E-state index contributed by atoms with van der Waals surface area (Å²) in [5, 5.41) is 12.2. The van der Waals surface area contributed by atoms with Gasteiger partial charge in [-0.25, -0.2) is 4.98 Å². The van der Waals surface area contributed by atoms with Gasteiger partial charge in [-0.3, -0.25) is 0 Å². The number of ether oxygens (including phenoxy) is 1. The molecule has 2 aromatic carbocycles. The highest BCUT2D eigenvalue weighted by Crippen LogP contribution is 2.33. The molecule has 0 atom stereocenters. The zero-order chi connectivity index (χ0) is 22.1. The number of fused-ring (bicyclic) bond motifs is 1. The maximum Gasteiger partial charge on any atom is 0.249 e. The van der Waals surface area contributed by atoms with Gasteiger partial charge in [-0.15, -0.1) is 0 Å². The zero-order valence-corrected chi connectivity index (χ0v) is 18.3. The maximum atomic E-state index is 8.99. The molecule has 0 fully saturated rings.